The van der Waals surface area contributed by atoms with Crippen LogP contribution < -0.4 is 16.1 Å². The predicted molar refractivity (Wildman–Crippen MR) is 114 cm³/mol. The maximum absolute atomic E-state index is 13.7. The number of thiocarbonyl (C=S) groups is 1. The summed E-state index contributed by atoms with van der Waals surface area (Å²) in [6.07, 6.45) is 3.36. The van der Waals surface area contributed by atoms with E-state index in [9.17, 15) is 13.2 Å². The summed E-state index contributed by atoms with van der Waals surface area (Å²) in [5.74, 6) is 0.745. The van der Waals surface area contributed by atoms with Gasteiger partial charge in [-0.3, -0.25) is 10.3 Å². The topological polar surface area (TPSA) is 56.9 Å². The van der Waals surface area contributed by atoms with E-state index in [1.54, 1.807) is 6.07 Å². The zero-order valence-electron chi connectivity index (χ0n) is 16.4. The molecule has 1 aromatic rings. The van der Waals surface area contributed by atoms with Crippen molar-refractivity contribution in [3.63, 3.8) is 0 Å². The monoisotopic (exact) mass is 427 g/mol. The minimum absolute atomic E-state index is 0.0417. The molecule has 0 atom stereocenters. The molecule has 1 saturated heterocycles. The third-order valence-electron chi connectivity index (χ3n) is 5.67. The molecule has 160 valence electrons. The van der Waals surface area contributed by atoms with Crippen molar-refractivity contribution in [1.29, 1.82) is 0 Å². The van der Waals surface area contributed by atoms with Gasteiger partial charge in [0.1, 0.15) is 0 Å². The molecule has 0 unspecified atom stereocenters. The summed E-state index contributed by atoms with van der Waals surface area (Å²) in [6, 6.07) is 4.28. The lowest BCUT2D eigenvalue weighted by Gasteiger charge is -2.39. The quantitative estimate of drug-likeness (QED) is 0.427. The molecular weight excluding hydrogens is 399 g/mol. The first kappa shape index (κ1) is 21.8. The maximum Gasteiger partial charge on any atom is 0.418 e. The van der Waals surface area contributed by atoms with Crippen LogP contribution >= 0.6 is 12.2 Å². The molecule has 9 heteroatoms. The Morgan fingerprint density at radius 3 is 2.48 bits per heavy atom. The van der Waals surface area contributed by atoms with Gasteiger partial charge in [-0.05, 0) is 48.7 Å². The van der Waals surface area contributed by atoms with Crippen LogP contribution in [0, 0.1) is 5.92 Å². The summed E-state index contributed by atoms with van der Waals surface area (Å²) in [6.45, 7) is 3.88. The van der Waals surface area contributed by atoms with Crippen LogP contribution in [0.25, 0.3) is 0 Å². The molecule has 1 aliphatic heterocycles. The first-order valence-corrected chi connectivity index (χ1v) is 10.5. The molecule has 0 amide bonds. The van der Waals surface area contributed by atoms with Gasteiger partial charge in [0.2, 0.25) is 0 Å². The third kappa shape index (κ3) is 6.30. The summed E-state index contributed by atoms with van der Waals surface area (Å²) in [7, 11) is 0. The van der Waals surface area contributed by atoms with E-state index in [1.165, 1.54) is 44.4 Å². The highest BCUT2D eigenvalue weighted by molar-refractivity contribution is 7.80. The maximum atomic E-state index is 13.7. The number of hydrazone groups is 1. The number of hydrogen-bond acceptors (Lipinski definition) is 4. The Labute approximate surface area is 175 Å². The molecule has 5 nitrogen and oxygen atoms in total. The molecule has 0 spiro atoms. The second kappa shape index (κ2) is 9.75. The van der Waals surface area contributed by atoms with E-state index in [0.29, 0.717) is 18.7 Å². The van der Waals surface area contributed by atoms with E-state index in [0.717, 1.165) is 31.6 Å². The first-order valence-electron chi connectivity index (χ1n) is 10.1. The lowest BCUT2D eigenvalue weighted by atomic mass is 9.89. The first-order chi connectivity index (χ1) is 13.8. The van der Waals surface area contributed by atoms with Crippen molar-refractivity contribution in [3.05, 3.63) is 29.3 Å². The molecule has 2 aliphatic rings. The summed E-state index contributed by atoms with van der Waals surface area (Å²) in [5.41, 5.74) is 7.54. The molecule has 1 aromatic carbocycles. The van der Waals surface area contributed by atoms with Crippen LogP contribution in [0.2, 0.25) is 0 Å². The summed E-state index contributed by atoms with van der Waals surface area (Å²) in [5, 5.41) is 3.70. The molecule has 0 bridgehead atoms. The van der Waals surface area contributed by atoms with Gasteiger partial charge in [-0.25, -0.2) is 0 Å². The fourth-order valence-corrected chi connectivity index (χ4v) is 4.27. The number of nitrogens with two attached hydrogens (primary N) is 1. The zero-order valence-corrected chi connectivity index (χ0v) is 17.2. The Morgan fingerprint density at radius 2 is 1.86 bits per heavy atom. The van der Waals surface area contributed by atoms with Crippen LogP contribution in [-0.2, 0) is 6.18 Å². The van der Waals surface area contributed by atoms with Crippen LogP contribution in [0.1, 0.15) is 43.2 Å². The second-order valence-electron chi connectivity index (χ2n) is 7.80. The Balaban J connectivity index is 1.66. The number of piperazine rings is 1. The number of nitrogens with one attached hydrogen (secondary N) is 1. The normalized spacial score (nSPS) is 19.6. The van der Waals surface area contributed by atoms with E-state index in [2.05, 4.69) is 27.6 Å². The van der Waals surface area contributed by atoms with Gasteiger partial charge < -0.3 is 10.6 Å². The standard InChI is InChI=1S/C20H28F3N5S/c21-20(22,23)17-12-16(13-25-26-19(24)29)6-7-18(17)28-10-8-27(9-11-28)14-15-4-2-1-3-5-15/h6-7,12-13,15H,1-5,8-11,14H2,(H3,24,26,29). The Kier molecular flexibility index (Phi) is 7.34. The van der Waals surface area contributed by atoms with Gasteiger partial charge in [0.05, 0.1) is 11.8 Å². The SMILES string of the molecule is NC(=S)NN=Cc1ccc(N2CCN(CC3CCCCC3)CC2)c(C(F)(F)F)c1. The zero-order chi connectivity index (χ0) is 20.9. The summed E-state index contributed by atoms with van der Waals surface area (Å²) < 4.78 is 41.0. The smallest absolute Gasteiger partial charge is 0.375 e. The van der Waals surface area contributed by atoms with Gasteiger partial charge in [0.15, 0.2) is 5.11 Å². The highest BCUT2D eigenvalue weighted by Crippen LogP contribution is 2.37. The van der Waals surface area contributed by atoms with Crippen LogP contribution in [0.15, 0.2) is 23.3 Å². The summed E-state index contributed by atoms with van der Waals surface area (Å²) >= 11 is 4.63. The molecule has 29 heavy (non-hydrogen) atoms. The van der Waals surface area contributed by atoms with Crippen LogP contribution in [0.5, 0.6) is 0 Å². The Morgan fingerprint density at radius 1 is 1.17 bits per heavy atom. The van der Waals surface area contributed by atoms with Crippen LogP contribution in [0.3, 0.4) is 0 Å². The van der Waals surface area contributed by atoms with E-state index >= 15 is 0 Å². The molecule has 2 fully saturated rings. The van der Waals surface area contributed by atoms with Crippen molar-refractivity contribution in [3.8, 4) is 0 Å². The van der Waals surface area contributed by atoms with Crippen molar-refractivity contribution in [2.45, 2.75) is 38.3 Å². The average molecular weight is 428 g/mol. The third-order valence-corrected chi connectivity index (χ3v) is 5.76. The van der Waals surface area contributed by atoms with Crippen molar-refractivity contribution < 1.29 is 13.2 Å². The number of rotatable bonds is 5. The average Bonchev–Trinajstić information content (AvgIpc) is 2.68. The molecule has 1 heterocycles. The lowest BCUT2D eigenvalue weighted by molar-refractivity contribution is -0.137. The molecule has 1 saturated carbocycles. The van der Waals surface area contributed by atoms with E-state index in [-0.39, 0.29) is 10.8 Å². The van der Waals surface area contributed by atoms with Gasteiger partial charge in [0.25, 0.3) is 0 Å². The molecular formula is C20H28F3N5S. The second-order valence-corrected chi connectivity index (χ2v) is 8.24. The number of halogens is 3. The van der Waals surface area contributed by atoms with Gasteiger partial charge >= 0.3 is 6.18 Å². The molecule has 3 N–H and O–H groups in total. The predicted octanol–water partition coefficient (Wildman–Crippen LogP) is 3.57. The molecule has 0 radical (unpaired) electrons. The molecule has 0 aromatic heterocycles. The minimum atomic E-state index is -4.44. The number of anilines is 1. The highest BCUT2D eigenvalue weighted by Gasteiger charge is 2.36. The molecule has 3 rings (SSSR count). The van der Waals surface area contributed by atoms with Gasteiger partial charge in [-0.1, -0.05) is 25.3 Å². The Hall–Kier alpha value is -1.87. The number of alkyl halides is 3. The van der Waals surface area contributed by atoms with Gasteiger partial charge in [0, 0.05) is 38.4 Å². The lowest BCUT2D eigenvalue weighted by Crippen LogP contribution is -2.48. The van der Waals surface area contributed by atoms with Crippen LogP contribution in [-0.4, -0.2) is 49.0 Å². The Bertz CT molecular complexity index is 723. The minimum Gasteiger partial charge on any atom is -0.375 e. The van der Waals surface area contributed by atoms with Gasteiger partial charge in [-0.2, -0.15) is 18.3 Å². The van der Waals surface area contributed by atoms with E-state index < -0.39 is 11.7 Å². The fraction of sp³-hybridized carbons (Fsp3) is 0.600. The van der Waals surface area contributed by atoms with Crippen molar-refractivity contribution >= 4 is 29.2 Å². The van der Waals surface area contributed by atoms with Crippen LogP contribution in [0.4, 0.5) is 18.9 Å². The molecule has 1 aliphatic carbocycles. The van der Waals surface area contributed by atoms with Crippen molar-refractivity contribution in [1.82, 2.24) is 10.3 Å². The van der Waals surface area contributed by atoms with Crippen molar-refractivity contribution in [2.75, 3.05) is 37.6 Å². The number of hydrogen-bond donors (Lipinski definition) is 2. The van der Waals surface area contributed by atoms with E-state index in [1.807, 2.05) is 4.90 Å². The highest BCUT2D eigenvalue weighted by atomic mass is 32.1. The number of nitrogens with zero attached hydrogens (tertiary/aromatic N) is 3. The van der Waals surface area contributed by atoms with E-state index in [4.69, 9.17) is 5.73 Å². The van der Waals surface area contributed by atoms with Crippen molar-refractivity contribution in [2.24, 2.45) is 16.8 Å². The van der Waals surface area contributed by atoms with Gasteiger partial charge in [-0.15, -0.1) is 0 Å². The fourth-order valence-electron chi connectivity index (χ4n) is 4.21. The number of benzene rings is 1. The largest absolute Gasteiger partial charge is 0.418 e. The summed E-state index contributed by atoms with van der Waals surface area (Å²) in [4.78, 5) is 4.25.